The molecule has 0 bridgehead atoms. The molecule has 0 radical (unpaired) electrons. The van der Waals surface area contributed by atoms with Crippen LogP contribution in [0.15, 0.2) is 35.8 Å². The van der Waals surface area contributed by atoms with E-state index in [0.29, 0.717) is 0 Å². The molecule has 0 aliphatic heterocycles. The SMILES string of the molecule is C=CC(=Nc1ccc(Cl)cc1C)N(CC)CCC. The van der Waals surface area contributed by atoms with Gasteiger partial charge in [0.05, 0.1) is 5.69 Å². The Morgan fingerprint density at radius 1 is 1.44 bits per heavy atom. The Labute approximate surface area is 115 Å². The minimum Gasteiger partial charge on any atom is -0.357 e. The van der Waals surface area contributed by atoms with Gasteiger partial charge in [0.25, 0.3) is 0 Å². The fourth-order valence-electron chi connectivity index (χ4n) is 1.82. The van der Waals surface area contributed by atoms with Gasteiger partial charge >= 0.3 is 0 Å². The van der Waals surface area contributed by atoms with Crippen molar-refractivity contribution in [3.05, 3.63) is 41.4 Å². The van der Waals surface area contributed by atoms with Crippen LogP contribution in [0.4, 0.5) is 5.69 Å². The van der Waals surface area contributed by atoms with Gasteiger partial charge in [0.1, 0.15) is 5.84 Å². The Bertz CT molecular complexity index is 438. The van der Waals surface area contributed by atoms with Gasteiger partial charge in [0.2, 0.25) is 0 Å². The molecule has 2 nitrogen and oxygen atoms in total. The van der Waals surface area contributed by atoms with Crippen LogP contribution in [0.25, 0.3) is 0 Å². The first kappa shape index (κ1) is 14.8. The van der Waals surface area contributed by atoms with Gasteiger partial charge < -0.3 is 4.90 Å². The van der Waals surface area contributed by atoms with Crippen LogP contribution in [0.5, 0.6) is 0 Å². The summed E-state index contributed by atoms with van der Waals surface area (Å²) in [6.07, 6.45) is 2.91. The summed E-state index contributed by atoms with van der Waals surface area (Å²) in [6, 6.07) is 5.74. The number of aliphatic imine (C=N–C) groups is 1. The minimum atomic E-state index is 0.743. The first-order valence-electron chi connectivity index (χ1n) is 6.34. The van der Waals surface area contributed by atoms with Gasteiger partial charge in [-0.1, -0.05) is 25.1 Å². The lowest BCUT2D eigenvalue weighted by atomic mass is 10.2. The topological polar surface area (TPSA) is 15.6 Å². The van der Waals surface area contributed by atoms with Crippen LogP contribution in [-0.2, 0) is 0 Å². The van der Waals surface area contributed by atoms with E-state index in [4.69, 9.17) is 11.6 Å². The van der Waals surface area contributed by atoms with Gasteiger partial charge in [-0.25, -0.2) is 4.99 Å². The second kappa shape index (κ2) is 7.22. The van der Waals surface area contributed by atoms with Crippen molar-refractivity contribution in [3.8, 4) is 0 Å². The van der Waals surface area contributed by atoms with Gasteiger partial charge in [-0.15, -0.1) is 0 Å². The van der Waals surface area contributed by atoms with Gasteiger partial charge in [0, 0.05) is 18.1 Å². The zero-order valence-electron chi connectivity index (χ0n) is 11.4. The van der Waals surface area contributed by atoms with Crippen molar-refractivity contribution in [1.82, 2.24) is 4.90 Å². The lowest BCUT2D eigenvalue weighted by Gasteiger charge is -2.22. The highest BCUT2D eigenvalue weighted by Crippen LogP contribution is 2.23. The summed E-state index contributed by atoms with van der Waals surface area (Å²) in [4.78, 5) is 6.90. The Balaban J connectivity index is 3.06. The molecular weight excluding hydrogens is 244 g/mol. The number of halogens is 1. The molecule has 0 atom stereocenters. The molecule has 3 heteroatoms. The third kappa shape index (κ3) is 3.88. The smallest absolute Gasteiger partial charge is 0.128 e. The van der Waals surface area contributed by atoms with Crippen molar-refractivity contribution in [2.45, 2.75) is 27.2 Å². The normalized spacial score (nSPS) is 11.4. The van der Waals surface area contributed by atoms with Gasteiger partial charge in [0.15, 0.2) is 0 Å². The Kier molecular flexibility index (Phi) is 5.93. The zero-order valence-corrected chi connectivity index (χ0v) is 12.2. The molecule has 98 valence electrons. The first-order chi connectivity index (χ1) is 8.62. The molecule has 0 saturated carbocycles. The second-order valence-electron chi connectivity index (χ2n) is 4.18. The quantitative estimate of drug-likeness (QED) is 0.561. The summed E-state index contributed by atoms with van der Waals surface area (Å²) >= 11 is 5.95. The van der Waals surface area contributed by atoms with Crippen molar-refractivity contribution < 1.29 is 0 Å². The molecule has 1 aromatic rings. The van der Waals surface area contributed by atoms with E-state index in [1.54, 1.807) is 0 Å². The summed E-state index contributed by atoms with van der Waals surface area (Å²) in [5.41, 5.74) is 2.03. The Morgan fingerprint density at radius 3 is 2.67 bits per heavy atom. The third-order valence-corrected chi connectivity index (χ3v) is 3.01. The number of aryl methyl sites for hydroxylation is 1. The number of nitrogens with zero attached hydrogens (tertiary/aromatic N) is 2. The van der Waals surface area contributed by atoms with Crippen molar-refractivity contribution in [2.24, 2.45) is 4.99 Å². The summed E-state index contributed by atoms with van der Waals surface area (Å²) in [5, 5.41) is 0.743. The predicted octanol–water partition coefficient (Wildman–Crippen LogP) is 4.60. The van der Waals surface area contributed by atoms with E-state index in [2.05, 4.69) is 30.3 Å². The molecule has 1 rings (SSSR count). The molecule has 0 unspecified atom stereocenters. The van der Waals surface area contributed by atoms with E-state index in [0.717, 1.165) is 41.6 Å². The fourth-order valence-corrected chi connectivity index (χ4v) is 2.04. The van der Waals surface area contributed by atoms with Gasteiger partial charge in [-0.3, -0.25) is 0 Å². The van der Waals surface area contributed by atoms with E-state index < -0.39 is 0 Å². The van der Waals surface area contributed by atoms with E-state index in [9.17, 15) is 0 Å². The van der Waals surface area contributed by atoms with Crippen LogP contribution in [0.2, 0.25) is 5.02 Å². The molecule has 0 spiro atoms. The summed E-state index contributed by atoms with van der Waals surface area (Å²) < 4.78 is 0. The molecule has 0 heterocycles. The Hall–Kier alpha value is -1.28. The molecular formula is C15H21ClN2. The summed E-state index contributed by atoms with van der Waals surface area (Å²) in [6.45, 7) is 12.1. The standard InChI is InChI=1S/C15H21ClN2/c1-5-10-18(7-3)15(6-2)17-14-9-8-13(16)11-12(14)4/h6,8-9,11H,2,5,7,10H2,1,3-4H3. The van der Waals surface area contributed by atoms with Crippen molar-refractivity contribution >= 4 is 23.1 Å². The average molecular weight is 265 g/mol. The molecule has 1 aromatic carbocycles. The van der Waals surface area contributed by atoms with E-state index in [1.807, 2.05) is 31.2 Å². The highest BCUT2D eigenvalue weighted by atomic mass is 35.5. The summed E-state index contributed by atoms with van der Waals surface area (Å²) in [7, 11) is 0. The highest BCUT2D eigenvalue weighted by Gasteiger charge is 2.06. The molecule has 0 aromatic heterocycles. The number of hydrogen-bond donors (Lipinski definition) is 0. The zero-order chi connectivity index (χ0) is 13.5. The molecule has 18 heavy (non-hydrogen) atoms. The number of rotatable bonds is 5. The van der Waals surface area contributed by atoms with Gasteiger partial charge in [-0.05, 0) is 50.1 Å². The van der Waals surface area contributed by atoms with Crippen molar-refractivity contribution in [1.29, 1.82) is 0 Å². The molecule has 0 N–H and O–H groups in total. The van der Waals surface area contributed by atoms with E-state index in [-0.39, 0.29) is 0 Å². The number of likely N-dealkylation sites (N-methyl/N-ethyl adjacent to an activating group) is 1. The predicted molar refractivity (Wildman–Crippen MR) is 81.0 cm³/mol. The van der Waals surface area contributed by atoms with Crippen LogP contribution in [0.1, 0.15) is 25.8 Å². The maximum atomic E-state index is 5.95. The lowest BCUT2D eigenvalue weighted by molar-refractivity contribution is 0.442. The Morgan fingerprint density at radius 2 is 2.17 bits per heavy atom. The molecule has 0 aliphatic rings. The monoisotopic (exact) mass is 264 g/mol. The fraction of sp³-hybridized carbons (Fsp3) is 0.400. The maximum absolute atomic E-state index is 5.95. The van der Waals surface area contributed by atoms with Crippen LogP contribution in [0.3, 0.4) is 0 Å². The average Bonchev–Trinajstić information content (AvgIpc) is 2.36. The molecule has 0 aliphatic carbocycles. The highest BCUT2D eigenvalue weighted by molar-refractivity contribution is 6.30. The van der Waals surface area contributed by atoms with E-state index in [1.165, 1.54) is 0 Å². The second-order valence-corrected chi connectivity index (χ2v) is 4.62. The molecule has 0 amide bonds. The molecule has 0 saturated heterocycles. The number of hydrogen-bond acceptors (Lipinski definition) is 1. The van der Waals surface area contributed by atoms with Crippen LogP contribution in [-0.4, -0.2) is 23.8 Å². The summed E-state index contributed by atoms with van der Waals surface area (Å²) in [5.74, 6) is 0.921. The van der Waals surface area contributed by atoms with Gasteiger partial charge in [-0.2, -0.15) is 0 Å². The number of amidine groups is 1. The van der Waals surface area contributed by atoms with Crippen molar-refractivity contribution in [2.75, 3.05) is 13.1 Å². The molecule has 0 fully saturated rings. The van der Waals surface area contributed by atoms with Crippen molar-refractivity contribution in [3.63, 3.8) is 0 Å². The third-order valence-electron chi connectivity index (χ3n) is 2.78. The lowest BCUT2D eigenvalue weighted by Crippen LogP contribution is -2.29. The largest absolute Gasteiger partial charge is 0.357 e. The van der Waals surface area contributed by atoms with E-state index >= 15 is 0 Å². The number of benzene rings is 1. The minimum absolute atomic E-state index is 0.743. The van der Waals surface area contributed by atoms with Crippen LogP contribution >= 0.6 is 11.6 Å². The van der Waals surface area contributed by atoms with Crippen LogP contribution in [0, 0.1) is 6.92 Å². The first-order valence-corrected chi connectivity index (χ1v) is 6.72. The maximum Gasteiger partial charge on any atom is 0.128 e. The van der Waals surface area contributed by atoms with Crippen LogP contribution < -0.4 is 0 Å².